The Labute approximate surface area is 115 Å². The zero-order valence-electron chi connectivity index (χ0n) is 11.9. The molecule has 0 amide bonds. The van der Waals surface area contributed by atoms with Gasteiger partial charge in [-0.25, -0.2) is 0 Å². The molecule has 0 spiro atoms. The van der Waals surface area contributed by atoms with Gasteiger partial charge in [-0.2, -0.15) is 5.26 Å². The zero-order chi connectivity index (χ0) is 14.1. The molecule has 0 aromatic heterocycles. The predicted molar refractivity (Wildman–Crippen MR) is 75.9 cm³/mol. The van der Waals surface area contributed by atoms with Crippen LogP contribution in [0.5, 0.6) is 5.75 Å². The largest absolute Gasteiger partial charge is 0.491 e. The number of hydrogen-bond donors (Lipinski definition) is 1. The minimum absolute atomic E-state index is 0.136. The number of hydrogen-bond acceptors (Lipinski definition) is 3. The van der Waals surface area contributed by atoms with Gasteiger partial charge in [-0.3, -0.25) is 0 Å². The molecule has 1 unspecified atom stereocenters. The smallest absolute Gasteiger partial charge is 0.141 e. The quantitative estimate of drug-likeness (QED) is 0.903. The number of ether oxygens (including phenoxy) is 1. The standard InChI is InChI=1S/C16H22N2O/c1-15(2,3)12-6-8-14(9-7-12)19-11-16(18,10-17)13-4-5-13/h6-9,13H,4-5,11,18H2,1-3H3. The molecule has 1 aromatic carbocycles. The van der Waals surface area contributed by atoms with Gasteiger partial charge in [0.15, 0.2) is 0 Å². The van der Waals surface area contributed by atoms with Crippen molar-refractivity contribution < 1.29 is 4.74 Å². The second-order valence-electron chi connectivity index (χ2n) is 6.49. The van der Waals surface area contributed by atoms with Crippen LogP contribution in [0.1, 0.15) is 39.2 Å². The van der Waals surface area contributed by atoms with Crippen LogP contribution in [0.2, 0.25) is 0 Å². The maximum absolute atomic E-state index is 9.17. The molecule has 1 atom stereocenters. The van der Waals surface area contributed by atoms with Crippen LogP contribution in [0.4, 0.5) is 0 Å². The van der Waals surface area contributed by atoms with Gasteiger partial charge < -0.3 is 10.5 Å². The maximum Gasteiger partial charge on any atom is 0.141 e. The Morgan fingerprint density at radius 3 is 2.26 bits per heavy atom. The second kappa shape index (κ2) is 4.86. The van der Waals surface area contributed by atoms with Crippen molar-refractivity contribution in [2.45, 2.75) is 44.6 Å². The van der Waals surface area contributed by atoms with Gasteiger partial charge in [0.2, 0.25) is 0 Å². The van der Waals surface area contributed by atoms with E-state index in [4.69, 9.17) is 15.7 Å². The van der Waals surface area contributed by atoms with Crippen molar-refractivity contribution in [3.63, 3.8) is 0 Å². The summed E-state index contributed by atoms with van der Waals surface area (Å²) in [4.78, 5) is 0. The SMILES string of the molecule is CC(C)(C)c1ccc(OCC(N)(C#N)C2CC2)cc1. The lowest BCUT2D eigenvalue weighted by atomic mass is 9.87. The summed E-state index contributed by atoms with van der Waals surface area (Å²) >= 11 is 0. The van der Waals surface area contributed by atoms with Crippen molar-refractivity contribution in [2.24, 2.45) is 11.7 Å². The number of nitriles is 1. The van der Waals surface area contributed by atoms with Gasteiger partial charge in [0, 0.05) is 0 Å². The summed E-state index contributed by atoms with van der Waals surface area (Å²) in [5, 5.41) is 9.17. The molecule has 1 aliphatic rings. The molecule has 2 rings (SSSR count). The third-order valence-electron chi connectivity index (χ3n) is 3.71. The minimum atomic E-state index is -0.831. The van der Waals surface area contributed by atoms with E-state index in [1.54, 1.807) is 0 Å². The first kappa shape index (κ1) is 13.9. The van der Waals surface area contributed by atoms with Crippen molar-refractivity contribution >= 4 is 0 Å². The van der Waals surface area contributed by atoms with E-state index in [0.717, 1.165) is 18.6 Å². The highest BCUT2D eigenvalue weighted by Crippen LogP contribution is 2.38. The molecule has 3 nitrogen and oxygen atoms in total. The fraction of sp³-hybridized carbons (Fsp3) is 0.562. The first-order valence-electron chi connectivity index (χ1n) is 6.79. The van der Waals surface area contributed by atoms with Gasteiger partial charge in [0.25, 0.3) is 0 Å². The Morgan fingerprint density at radius 1 is 1.26 bits per heavy atom. The number of rotatable bonds is 4. The highest BCUT2D eigenvalue weighted by Gasteiger charge is 2.43. The topological polar surface area (TPSA) is 59.0 Å². The van der Waals surface area contributed by atoms with E-state index in [2.05, 4.69) is 39.0 Å². The van der Waals surface area contributed by atoms with Gasteiger partial charge in [-0.15, -0.1) is 0 Å². The van der Waals surface area contributed by atoms with Crippen LogP contribution in [0.15, 0.2) is 24.3 Å². The molecule has 1 aromatic rings. The van der Waals surface area contributed by atoms with Crippen molar-refractivity contribution in [1.82, 2.24) is 0 Å². The first-order chi connectivity index (χ1) is 8.85. The maximum atomic E-state index is 9.17. The van der Waals surface area contributed by atoms with Crippen LogP contribution in [0.3, 0.4) is 0 Å². The Balaban J connectivity index is 1.99. The fourth-order valence-corrected chi connectivity index (χ4v) is 2.09. The van der Waals surface area contributed by atoms with Gasteiger partial charge in [-0.05, 0) is 41.9 Å². The van der Waals surface area contributed by atoms with Crippen LogP contribution in [-0.2, 0) is 5.41 Å². The third-order valence-corrected chi connectivity index (χ3v) is 3.71. The Hall–Kier alpha value is -1.53. The lowest BCUT2D eigenvalue weighted by Crippen LogP contribution is -2.46. The van der Waals surface area contributed by atoms with E-state index in [1.807, 2.05) is 12.1 Å². The Kier molecular flexibility index (Phi) is 3.56. The predicted octanol–water partition coefficient (Wildman–Crippen LogP) is 2.99. The first-order valence-corrected chi connectivity index (χ1v) is 6.79. The molecule has 0 aliphatic heterocycles. The average molecular weight is 258 g/mol. The molecule has 1 fully saturated rings. The van der Waals surface area contributed by atoms with Crippen molar-refractivity contribution in [1.29, 1.82) is 5.26 Å². The fourth-order valence-electron chi connectivity index (χ4n) is 2.09. The molecule has 19 heavy (non-hydrogen) atoms. The number of benzene rings is 1. The van der Waals surface area contributed by atoms with Crippen LogP contribution in [0.25, 0.3) is 0 Å². The molecular formula is C16H22N2O. The summed E-state index contributed by atoms with van der Waals surface area (Å²) in [6.07, 6.45) is 2.08. The van der Waals surface area contributed by atoms with Crippen molar-refractivity contribution in [3.8, 4) is 11.8 Å². The van der Waals surface area contributed by atoms with E-state index in [0.29, 0.717) is 5.92 Å². The van der Waals surface area contributed by atoms with Gasteiger partial charge >= 0.3 is 0 Å². The van der Waals surface area contributed by atoms with Crippen LogP contribution < -0.4 is 10.5 Å². The lowest BCUT2D eigenvalue weighted by molar-refractivity contribution is 0.237. The molecule has 1 aliphatic carbocycles. The molecule has 102 valence electrons. The molecule has 0 heterocycles. The van der Waals surface area contributed by atoms with Gasteiger partial charge in [-0.1, -0.05) is 32.9 Å². The summed E-state index contributed by atoms with van der Waals surface area (Å²) in [7, 11) is 0. The summed E-state index contributed by atoms with van der Waals surface area (Å²) in [5.74, 6) is 1.07. The van der Waals surface area contributed by atoms with E-state index in [-0.39, 0.29) is 12.0 Å². The summed E-state index contributed by atoms with van der Waals surface area (Å²) < 4.78 is 5.68. The molecular weight excluding hydrogens is 236 g/mol. The van der Waals surface area contributed by atoms with E-state index >= 15 is 0 Å². The third kappa shape index (κ3) is 3.27. The lowest BCUT2D eigenvalue weighted by Gasteiger charge is -2.22. The zero-order valence-corrected chi connectivity index (χ0v) is 11.9. The van der Waals surface area contributed by atoms with Crippen LogP contribution >= 0.6 is 0 Å². The van der Waals surface area contributed by atoms with Gasteiger partial charge in [0.05, 0.1) is 6.07 Å². The molecule has 0 radical (unpaired) electrons. The Bertz CT molecular complexity index is 477. The average Bonchev–Trinajstić information content (AvgIpc) is 3.20. The summed E-state index contributed by atoms with van der Waals surface area (Å²) in [5.41, 5.74) is 6.63. The highest BCUT2D eigenvalue weighted by molar-refractivity contribution is 5.31. The molecule has 3 heteroatoms. The normalized spacial score (nSPS) is 18.5. The molecule has 0 bridgehead atoms. The van der Waals surface area contributed by atoms with E-state index in [9.17, 15) is 0 Å². The monoisotopic (exact) mass is 258 g/mol. The molecule has 2 N–H and O–H groups in total. The Morgan fingerprint density at radius 2 is 1.84 bits per heavy atom. The highest BCUT2D eigenvalue weighted by atomic mass is 16.5. The molecule has 1 saturated carbocycles. The number of nitrogens with zero attached hydrogens (tertiary/aromatic N) is 1. The van der Waals surface area contributed by atoms with Crippen molar-refractivity contribution in [3.05, 3.63) is 29.8 Å². The second-order valence-corrected chi connectivity index (χ2v) is 6.49. The number of nitrogens with two attached hydrogens (primary N) is 1. The summed E-state index contributed by atoms with van der Waals surface area (Å²) in [6, 6.07) is 10.2. The molecule has 0 saturated heterocycles. The van der Waals surface area contributed by atoms with E-state index < -0.39 is 5.54 Å². The van der Waals surface area contributed by atoms with Gasteiger partial charge in [0.1, 0.15) is 17.9 Å². The van der Waals surface area contributed by atoms with E-state index in [1.165, 1.54) is 5.56 Å². The minimum Gasteiger partial charge on any atom is -0.491 e. The van der Waals surface area contributed by atoms with Crippen LogP contribution in [-0.4, -0.2) is 12.1 Å². The summed E-state index contributed by atoms with van der Waals surface area (Å²) in [6.45, 7) is 6.80. The van der Waals surface area contributed by atoms with Crippen molar-refractivity contribution in [2.75, 3.05) is 6.61 Å². The van der Waals surface area contributed by atoms with Crippen LogP contribution in [0, 0.1) is 17.2 Å².